The summed E-state index contributed by atoms with van der Waals surface area (Å²) in [6, 6.07) is 13.4. The monoisotopic (exact) mass is 397 g/mol. The molecule has 2 aromatic carbocycles. The van der Waals surface area contributed by atoms with E-state index in [2.05, 4.69) is 21.2 Å². The molecule has 7 heteroatoms. The van der Waals surface area contributed by atoms with Crippen molar-refractivity contribution in [2.75, 3.05) is 56.7 Å². The minimum atomic E-state index is -0.212. The summed E-state index contributed by atoms with van der Waals surface area (Å²) in [5.74, 6) is 2.23. The Morgan fingerprint density at radius 1 is 1.03 bits per heavy atom. The van der Waals surface area contributed by atoms with Crippen LogP contribution in [0.2, 0.25) is 0 Å². The maximum Gasteiger partial charge on any atom is 0.241 e. The topological polar surface area (TPSA) is 63.3 Å². The molecule has 2 aromatic rings. The Morgan fingerprint density at radius 3 is 2.55 bits per heavy atom. The van der Waals surface area contributed by atoms with Crippen LogP contribution in [-0.4, -0.2) is 63.4 Å². The molecule has 0 spiro atoms. The van der Waals surface area contributed by atoms with E-state index in [1.165, 1.54) is 0 Å². The number of methoxy groups -OCH3 is 1. The van der Waals surface area contributed by atoms with Gasteiger partial charge in [0.15, 0.2) is 11.5 Å². The van der Waals surface area contributed by atoms with Crippen LogP contribution >= 0.6 is 0 Å². The predicted molar refractivity (Wildman–Crippen MR) is 112 cm³/mol. The van der Waals surface area contributed by atoms with Crippen molar-refractivity contribution in [3.05, 3.63) is 42.5 Å². The second-order valence-corrected chi connectivity index (χ2v) is 7.25. The number of anilines is 2. The number of rotatable bonds is 5. The Morgan fingerprint density at radius 2 is 1.79 bits per heavy atom. The Hall–Kier alpha value is -2.93. The average Bonchev–Trinajstić information content (AvgIpc) is 2.78. The van der Waals surface area contributed by atoms with Gasteiger partial charge in [0.25, 0.3) is 0 Å². The lowest BCUT2D eigenvalue weighted by Crippen LogP contribution is -2.52. The third-order valence-electron chi connectivity index (χ3n) is 5.47. The summed E-state index contributed by atoms with van der Waals surface area (Å²) in [5, 5.41) is 3.00. The quantitative estimate of drug-likeness (QED) is 0.837. The molecule has 154 valence electrons. The van der Waals surface area contributed by atoms with Gasteiger partial charge in [0.05, 0.1) is 13.2 Å². The molecule has 1 atom stereocenters. The SMILES string of the molecule is COc1cccc(N2CCN([C@@H](C)C(=O)Nc3ccc4c(c3)OCCO4)CC2)c1. The van der Waals surface area contributed by atoms with Crippen molar-refractivity contribution in [3.8, 4) is 17.2 Å². The first-order chi connectivity index (χ1) is 14.1. The predicted octanol–water partition coefficient (Wildman–Crippen LogP) is 2.62. The molecule has 4 rings (SSSR count). The van der Waals surface area contributed by atoms with E-state index in [-0.39, 0.29) is 11.9 Å². The van der Waals surface area contributed by atoms with Gasteiger partial charge in [-0.05, 0) is 31.2 Å². The van der Waals surface area contributed by atoms with Gasteiger partial charge < -0.3 is 24.4 Å². The fourth-order valence-electron chi connectivity index (χ4n) is 3.71. The minimum Gasteiger partial charge on any atom is -0.497 e. The van der Waals surface area contributed by atoms with Crippen LogP contribution in [-0.2, 0) is 4.79 Å². The zero-order chi connectivity index (χ0) is 20.2. The Balaban J connectivity index is 1.33. The molecule has 1 fully saturated rings. The van der Waals surface area contributed by atoms with Crippen LogP contribution in [0, 0.1) is 0 Å². The van der Waals surface area contributed by atoms with Crippen molar-refractivity contribution < 1.29 is 19.0 Å². The summed E-state index contributed by atoms with van der Waals surface area (Å²) >= 11 is 0. The number of nitrogens with one attached hydrogen (secondary N) is 1. The summed E-state index contributed by atoms with van der Waals surface area (Å²) in [5.41, 5.74) is 1.87. The molecule has 1 saturated heterocycles. The highest BCUT2D eigenvalue weighted by Gasteiger charge is 2.26. The molecule has 0 aliphatic carbocycles. The largest absolute Gasteiger partial charge is 0.497 e. The molecular formula is C22H27N3O4. The van der Waals surface area contributed by atoms with Crippen LogP contribution in [0.15, 0.2) is 42.5 Å². The number of ether oxygens (including phenoxy) is 3. The van der Waals surface area contributed by atoms with Crippen molar-refractivity contribution >= 4 is 17.3 Å². The molecule has 0 radical (unpaired) electrons. The van der Waals surface area contributed by atoms with E-state index in [0.717, 1.165) is 49.1 Å². The molecule has 0 aromatic heterocycles. The van der Waals surface area contributed by atoms with Gasteiger partial charge in [-0.1, -0.05) is 6.07 Å². The highest BCUT2D eigenvalue weighted by atomic mass is 16.6. The van der Waals surface area contributed by atoms with E-state index < -0.39 is 0 Å². The van der Waals surface area contributed by atoms with Crippen molar-refractivity contribution in [1.82, 2.24) is 4.90 Å². The number of hydrogen-bond donors (Lipinski definition) is 1. The standard InChI is InChI=1S/C22H27N3O4/c1-16(22(26)23-17-6-7-20-21(14-17)29-13-12-28-20)24-8-10-25(11-9-24)18-4-3-5-19(15-18)27-2/h3-7,14-16H,8-13H2,1-2H3,(H,23,26)/t16-/m0/s1. The number of benzene rings is 2. The second kappa shape index (κ2) is 8.61. The highest BCUT2D eigenvalue weighted by Crippen LogP contribution is 2.32. The molecule has 2 aliphatic heterocycles. The number of fused-ring (bicyclic) bond motifs is 1. The third kappa shape index (κ3) is 4.40. The molecule has 7 nitrogen and oxygen atoms in total. The van der Waals surface area contributed by atoms with E-state index in [1.54, 1.807) is 7.11 Å². The lowest BCUT2D eigenvalue weighted by molar-refractivity contribution is -0.120. The van der Waals surface area contributed by atoms with Gasteiger partial charge in [0.1, 0.15) is 19.0 Å². The molecule has 1 N–H and O–H groups in total. The first-order valence-electron chi connectivity index (χ1n) is 9.97. The summed E-state index contributed by atoms with van der Waals surface area (Å²) in [7, 11) is 1.68. The van der Waals surface area contributed by atoms with Crippen molar-refractivity contribution in [2.45, 2.75) is 13.0 Å². The zero-order valence-corrected chi connectivity index (χ0v) is 16.9. The molecular weight excluding hydrogens is 370 g/mol. The maximum atomic E-state index is 12.8. The average molecular weight is 397 g/mol. The summed E-state index contributed by atoms with van der Waals surface area (Å²) < 4.78 is 16.4. The van der Waals surface area contributed by atoms with Gasteiger partial charge in [-0.25, -0.2) is 0 Å². The first-order valence-corrected chi connectivity index (χ1v) is 9.97. The van der Waals surface area contributed by atoms with Crippen molar-refractivity contribution in [1.29, 1.82) is 0 Å². The van der Waals surface area contributed by atoms with E-state index in [9.17, 15) is 4.79 Å². The van der Waals surface area contributed by atoms with Crippen LogP contribution < -0.4 is 24.4 Å². The van der Waals surface area contributed by atoms with Gasteiger partial charge in [0, 0.05) is 49.7 Å². The number of piperazine rings is 1. The lowest BCUT2D eigenvalue weighted by Gasteiger charge is -2.38. The Kier molecular flexibility index (Phi) is 5.76. The summed E-state index contributed by atoms with van der Waals surface area (Å²) in [6.07, 6.45) is 0. The normalized spacial score (nSPS) is 17.5. The second-order valence-electron chi connectivity index (χ2n) is 7.25. The molecule has 2 aliphatic rings. The van der Waals surface area contributed by atoms with Crippen LogP contribution in [0.5, 0.6) is 17.2 Å². The van der Waals surface area contributed by atoms with Crippen LogP contribution in [0.1, 0.15) is 6.92 Å². The summed E-state index contributed by atoms with van der Waals surface area (Å²) in [6.45, 7) is 6.42. The van der Waals surface area contributed by atoms with Crippen molar-refractivity contribution in [2.24, 2.45) is 0 Å². The number of nitrogens with zero attached hydrogens (tertiary/aromatic N) is 2. The highest BCUT2D eigenvalue weighted by molar-refractivity contribution is 5.94. The fourth-order valence-corrected chi connectivity index (χ4v) is 3.71. The Bertz CT molecular complexity index is 865. The number of carbonyl (C=O) groups excluding carboxylic acids is 1. The molecule has 0 unspecified atom stereocenters. The smallest absolute Gasteiger partial charge is 0.241 e. The van der Waals surface area contributed by atoms with E-state index in [1.807, 2.05) is 43.3 Å². The first kappa shape index (κ1) is 19.4. The maximum absolute atomic E-state index is 12.8. The zero-order valence-electron chi connectivity index (χ0n) is 16.9. The molecule has 29 heavy (non-hydrogen) atoms. The van der Waals surface area contributed by atoms with E-state index in [4.69, 9.17) is 14.2 Å². The number of hydrogen-bond acceptors (Lipinski definition) is 6. The van der Waals surface area contributed by atoms with Gasteiger partial charge >= 0.3 is 0 Å². The number of carbonyl (C=O) groups is 1. The molecule has 0 bridgehead atoms. The van der Waals surface area contributed by atoms with Crippen LogP contribution in [0.3, 0.4) is 0 Å². The van der Waals surface area contributed by atoms with Crippen LogP contribution in [0.25, 0.3) is 0 Å². The molecule has 2 heterocycles. The van der Waals surface area contributed by atoms with Crippen molar-refractivity contribution in [3.63, 3.8) is 0 Å². The Labute approximate surface area is 171 Å². The van der Waals surface area contributed by atoms with Gasteiger partial charge in [-0.3, -0.25) is 9.69 Å². The van der Waals surface area contributed by atoms with E-state index in [0.29, 0.717) is 19.0 Å². The van der Waals surface area contributed by atoms with Gasteiger partial charge in [-0.2, -0.15) is 0 Å². The van der Waals surface area contributed by atoms with Crippen LogP contribution in [0.4, 0.5) is 11.4 Å². The minimum absolute atomic E-state index is 0.0171. The third-order valence-corrected chi connectivity index (χ3v) is 5.47. The summed E-state index contributed by atoms with van der Waals surface area (Å²) in [4.78, 5) is 17.3. The number of amides is 1. The van der Waals surface area contributed by atoms with Gasteiger partial charge in [0.2, 0.25) is 5.91 Å². The molecule has 0 saturated carbocycles. The lowest BCUT2D eigenvalue weighted by atomic mass is 10.2. The molecule has 1 amide bonds. The van der Waals surface area contributed by atoms with E-state index >= 15 is 0 Å². The van der Waals surface area contributed by atoms with Gasteiger partial charge in [-0.15, -0.1) is 0 Å². The fraction of sp³-hybridized carbons (Fsp3) is 0.409.